The van der Waals surface area contributed by atoms with Crippen LogP contribution in [0.4, 0.5) is 11.4 Å². The normalized spacial score (nSPS) is 13.3. The summed E-state index contributed by atoms with van der Waals surface area (Å²) in [6, 6.07) is 9.02. The minimum absolute atomic E-state index is 0.147. The van der Waals surface area contributed by atoms with Gasteiger partial charge in [0.05, 0.1) is 12.2 Å². The molecule has 1 aromatic carbocycles. The Balaban J connectivity index is 1.82. The molecule has 0 saturated heterocycles. The van der Waals surface area contributed by atoms with Crippen LogP contribution in [0.3, 0.4) is 0 Å². The highest BCUT2D eigenvalue weighted by atomic mass is 16.5. The highest BCUT2D eigenvalue weighted by Gasteiger charge is 2.15. The minimum Gasteiger partial charge on any atom is -0.490 e. The Hall–Kier alpha value is -2.56. The number of pyridine rings is 1. The van der Waals surface area contributed by atoms with Crippen molar-refractivity contribution in [2.45, 2.75) is 0 Å². The molecule has 2 heterocycles. The first-order valence-corrected chi connectivity index (χ1v) is 6.43. The molecule has 0 spiro atoms. The van der Waals surface area contributed by atoms with Crippen LogP contribution in [0, 0.1) is 0 Å². The monoisotopic (exact) mass is 269 g/mol. The van der Waals surface area contributed by atoms with Gasteiger partial charge in [-0.25, -0.2) is 0 Å². The standard InChI is InChI=1S/C15H15N3O2/c1-18-8-9-20-14-3-2-12(10-13(14)18)17-15(19)11-4-6-16-7-5-11/h2-7,10H,8-9H2,1H3,(H,17,19). The minimum atomic E-state index is -0.147. The number of aromatic nitrogens is 1. The number of anilines is 2. The summed E-state index contributed by atoms with van der Waals surface area (Å²) in [5.74, 6) is 0.701. The SMILES string of the molecule is CN1CCOc2ccc(NC(=O)c3ccncc3)cc21. The number of carbonyl (C=O) groups excluding carboxylic acids is 1. The van der Waals surface area contributed by atoms with Gasteiger partial charge in [0.1, 0.15) is 12.4 Å². The summed E-state index contributed by atoms with van der Waals surface area (Å²) in [6.45, 7) is 1.53. The second-order valence-electron chi connectivity index (χ2n) is 4.64. The third-order valence-electron chi connectivity index (χ3n) is 3.25. The van der Waals surface area contributed by atoms with Crippen molar-refractivity contribution < 1.29 is 9.53 Å². The van der Waals surface area contributed by atoms with Crippen molar-refractivity contribution in [3.05, 3.63) is 48.3 Å². The number of hydrogen-bond acceptors (Lipinski definition) is 4. The van der Waals surface area contributed by atoms with Crippen LogP contribution < -0.4 is 15.0 Å². The molecule has 0 fully saturated rings. The molecule has 0 unspecified atom stereocenters. The molecule has 1 amide bonds. The first-order valence-electron chi connectivity index (χ1n) is 6.43. The predicted molar refractivity (Wildman–Crippen MR) is 77.4 cm³/mol. The van der Waals surface area contributed by atoms with E-state index in [1.54, 1.807) is 24.5 Å². The van der Waals surface area contributed by atoms with E-state index in [0.717, 1.165) is 23.7 Å². The lowest BCUT2D eigenvalue weighted by atomic mass is 10.2. The zero-order valence-electron chi connectivity index (χ0n) is 11.2. The molecular formula is C15H15N3O2. The van der Waals surface area contributed by atoms with E-state index in [-0.39, 0.29) is 5.91 Å². The average Bonchev–Trinajstić information content (AvgIpc) is 2.49. The summed E-state index contributed by atoms with van der Waals surface area (Å²) in [6.07, 6.45) is 3.20. The first-order chi connectivity index (χ1) is 9.74. The van der Waals surface area contributed by atoms with E-state index in [4.69, 9.17) is 4.74 Å². The molecule has 0 bridgehead atoms. The maximum atomic E-state index is 12.1. The Bertz CT molecular complexity index is 628. The molecule has 0 aliphatic carbocycles. The van der Waals surface area contributed by atoms with Gasteiger partial charge in [0.25, 0.3) is 5.91 Å². The molecular weight excluding hydrogens is 254 g/mol. The number of ether oxygens (including phenoxy) is 1. The number of amides is 1. The van der Waals surface area contributed by atoms with Crippen molar-refractivity contribution in [2.24, 2.45) is 0 Å². The van der Waals surface area contributed by atoms with Crippen molar-refractivity contribution in [2.75, 3.05) is 30.4 Å². The Morgan fingerprint density at radius 3 is 2.90 bits per heavy atom. The predicted octanol–water partition coefficient (Wildman–Crippen LogP) is 2.16. The molecule has 1 aliphatic heterocycles. The van der Waals surface area contributed by atoms with Gasteiger partial charge in [-0.05, 0) is 30.3 Å². The van der Waals surface area contributed by atoms with Crippen molar-refractivity contribution in [3.63, 3.8) is 0 Å². The summed E-state index contributed by atoms with van der Waals surface area (Å²) < 4.78 is 5.58. The number of nitrogens with zero attached hydrogens (tertiary/aromatic N) is 2. The second kappa shape index (κ2) is 5.21. The summed E-state index contributed by atoms with van der Waals surface area (Å²) in [7, 11) is 2.01. The van der Waals surface area contributed by atoms with Gasteiger partial charge >= 0.3 is 0 Å². The van der Waals surface area contributed by atoms with Gasteiger partial charge in [0.15, 0.2) is 0 Å². The first kappa shape index (κ1) is 12.5. The molecule has 1 aliphatic rings. The fourth-order valence-corrected chi connectivity index (χ4v) is 2.14. The van der Waals surface area contributed by atoms with Gasteiger partial charge in [0.2, 0.25) is 0 Å². The third-order valence-corrected chi connectivity index (χ3v) is 3.25. The van der Waals surface area contributed by atoms with Crippen LogP contribution in [0.15, 0.2) is 42.7 Å². The second-order valence-corrected chi connectivity index (χ2v) is 4.64. The van der Waals surface area contributed by atoms with Gasteiger partial charge in [-0.1, -0.05) is 0 Å². The summed E-state index contributed by atoms with van der Waals surface area (Å²) >= 11 is 0. The zero-order valence-corrected chi connectivity index (χ0v) is 11.2. The Morgan fingerprint density at radius 2 is 2.10 bits per heavy atom. The number of carbonyl (C=O) groups is 1. The van der Waals surface area contributed by atoms with Gasteiger partial charge in [-0.3, -0.25) is 9.78 Å². The number of rotatable bonds is 2. The molecule has 1 N–H and O–H groups in total. The molecule has 1 aromatic heterocycles. The van der Waals surface area contributed by atoms with Crippen molar-refractivity contribution in [3.8, 4) is 5.75 Å². The lowest BCUT2D eigenvalue weighted by molar-refractivity contribution is 0.102. The Labute approximate surface area is 117 Å². The highest BCUT2D eigenvalue weighted by Crippen LogP contribution is 2.33. The van der Waals surface area contributed by atoms with Crippen molar-refractivity contribution in [1.29, 1.82) is 0 Å². The quantitative estimate of drug-likeness (QED) is 0.907. The van der Waals surface area contributed by atoms with Gasteiger partial charge in [-0.2, -0.15) is 0 Å². The molecule has 5 nitrogen and oxygen atoms in total. The average molecular weight is 269 g/mol. The van der Waals surface area contributed by atoms with E-state index in [2.05, 4.69) is 15.2 Å². The van der Waals surface area contributed by atoms with E-state index in [0.29, 0.717) is 12.2 Å². The molecule has 0 saturated carbocycles. The number of fused-ring (bicyclic) bond motifs is 1. The third kappa shape index (κ3) is 2.42. The number of likely N-dealkylation sites (N-methyl/N-ethyl adjacent to an activating group) is 1. The fraction of sp³-hybridized carbons (Fsp3) is 0.200. The Kier molecular flexibility index (Phi) is 3.25. The molecule has 0 radical (unpaired) electrons. The molecule has 2 aromatic rings. The van der Waals surface area contributed by atoms with Gasteiger partial charge in [-0.15, -0.1) is 0 Å². The smallest absolute Gasteiger partial charge is 0.255 e. The fourth-order valence-electron chi connectivity index (χ4n) is 2.14. The van der Waals surface area contributed by atoms with E-state index in [1.807, 2.05) is 25.2 Å². The maximum Gasteiger partial charge on any atom is 0.255 e. The molecule has 20 heavy (non-hydrogen) atoms. The van der Waals surface area contributed by atoms with E-state index in [9.17, 15) is 4.79 Å². The van der Waals surface area contributed by atoms with Crippen molar-refractivity contribution in [1.82, 2.24) is 4.98 Å². The number of hydrogen-bond donors (Lipinski definition) is 1. The van der Waals surface area contributed by atoms with Crippen LogP contribution in [0.2, 0.25) is 0 Å². The van der Waals surface area contributed by atoms with Crippen LogP contribution in [0.25, 0.3) is 0 Å². The summed E-state index contributed by atoms with van der Waals surface area (Å²) in [5.41, 5.74) is 2.33. The van der Waals surface area contributed by atoms with Crippen LogP contribution in [0.5, 0.6) is 5.75 Å². The lowest BCUT2D eigenvalue weighted by Crippen LogP contribution is -2.28. The van der Waals surface area contributed by atoms with Crippen LogP contribution in [-0.4, -0.2) is 31.1 Å². The van der Waals surface area contributed by atoms with Gasteiger partial charge < -0.3 is 15.0 Å². The Morgan fingerprint density at radius 1 is 1.30 bits per heavy atom. The molecule has 5 heteroatoms. The molecule has 102 valence electrons. The maximum absolute atomic E-state index is 12.1. The highest BCUT2D eigenvalue weighted by molar-refractivity contribution is 6.04. The van der Waals surface area contributed by atoms with Crippen LogP contribution in [0.1, 0.15) is 10.4 Å². The topological polar surface area (TPSA) is 54.5 Å². The molecule has 3 rings (SSSR count). The van der Waals surface area contributed by atoms with Crippen LogP contribution in [-0.2, 0) is 0 Å². The van der Waals surface area contributed by atoms with E-state index in [1.165, 1.54) is 0 Å². The van der Waals surface area contributed by atoms with Crippen LogP contribution >= 0.6 is 0 Å². The zero-order chi connectivity index (χ0) is 13.9. The molecule has 0 atom stereocenters. The number of benzene rings is 1. The summed E-state index contributed by atoms with van der Waals surface area (Å²) in [4.78, 5) is 18.1. The largest absolute Gasteiger partial charge is 0.490 e. The summed E-state index contributed by atoms with van der Waals surface area (Å²) in [5, 5.41) is 2.88. The lowest BCUT2D eigenvalue weighted by Gasteiger charge is -2.28. The number of nitrogens with one attached hydrogen (secondary N) is 1. The van der Waals surface area contributed by atoms with Crippen molar-refractivity contribution >= 4 is 17.3 Å². The van der Waals surface area contributed by atoms with E-state index >= 15 is 0 Å². The van der Waals surface area contributed by atoms with E-state index < -0.39 is 0 Å². The van der Waals surface area contributed by atoms with Gasteiger partial charge in [0, 0.05) is 30.7 Å².